The van der Waals surface area contributed by atoms with Gasteiger partial charge < -0.3 is 14.8 Å². The van der Waals surface area contributed by atoms with Crippen LogP contribution in [-0.2, 0) is 4.79 Å². The van der Waals surface area contributed by atoms with Crippen molar-refractivity contribution in [1.29, 1.82) is 0 Å². The van der Waals surface area contributed by atoms with Crippen LogP contribution >= 0.6 is 0 Å². The molecule has 7 heteroatoms. The maximum Gasteiger partial charge on any atom is 0.261 e. The first-order valence-corrected chi connectivity index (χ1v) is 10.4. The molecule has 1 atom stereocenters. The SMILES string of the molecule is COc1ccc2c(c1)OC(C)(C)C[C@H]2NC(=O)CCCN1C(=O)c2ccccc2C1=O. The van der Waals surface area contributed by atoms with Crippen molar-refractivity contribution in [1.82, 2.24) is 10.2 Å². The van der Waals surface area contributed by atoms with Crippen molar-refractivity contribution in [2.45, 2.75) is 44.8 Å². The third-order valence-electron chi connectivity index (χ3n) is 5.68. The molecule has 162 valence electrons. The number of imide groups is 1. The van der Waals surface area contributed by atoms with Crippen molar-refractivity contribution in [3.63, 3.8) is 0 Å². The molecule has 1 N–H and O–H groups in total. The summed E-state index contributed by atoms with van der Waals surface area (Å²) >= 11 is 0. The van der Waals surface area contributed by atoms with E-state index >= 15 is 0 Å². The van der Waals surface area contributed by atoms with Crippen LogP contribution < -0.4 is 14.8 Å². The van der Waals surface area contributed by atoms with E-state index < -0.39 is 5.60 Å². The van der Waals surface area contributed by atoms with Gasteiger partial charge in [0.15, 0.2) is 0 Å². The second-order valence-corrected chi connectivity index (χ2v) is 8.50. The lowest BCUT2D eigenvalue weighted by atomic mass is 9.89. The Morgan fingerprint density at radius 1 is 1.16 bits per heavy atom. The average molecular weight is 422 g/mol. The van der Waals surface area contributed by atoms with Gasteiger partial charge in [-0.1, -0.05) is 12.1 Å². The second-order valence-electron chi connectivity index (χ2n) is 8.50. The number of methoxy groups -OCH3 is 1. The van der Waals surface area contributed by atoms with Crippen molar-refractivity contribution >= 4 is 17.7 Å². The summed E-state index contributed by atoms with van der Waals surface area (Å²) in [4.78, 5) is 38.7. The molecule has 7 nitrogen and oxygen atoms in total. The Balaban J connectivity index is 1.37. The smallest absolute Gasteiger partial charge is 0.261 e. The van der Waals surface area contributed by atoms with Crippen molar-refractivity contribution < 1.29 is 23.9 Å². The van der Waals surface area contributed by atoms with Crippen LogP contribution in [0.2, 0.25) is 0 Å². The van der Waals surface area contributed by atoms with Crippen molar-refractivity contribution in [3.8, 4) is 11.5 Å². The maximum atomic E-state index is 12.6. The lowest BCUT2D eigenvalue weighted by Gasteiger charge is -2.38. The summed E-state index contributed by atoms with van der Waals surface area (Å²) in [6.07, 6.45) is 1.26. The Morgan fingerprint density at radius 3 is 2.48 bits per heavy atom. The van der Waals surface area contributed by atoms with E-state index in [0.29, 0.717) is 35.5 Å². The number of ether oxygens (including phenoxy) is 2. The molecule has 31 heavy (non-hydrogen) atoms. The zero-order valence-corrected chi connectivity index (χ0v) is 17.9. The fraction of sp³-hybridized carbons (Fsp3) is 0.375. The third kappa shape index (κ3) is 4.13. The lowest BCUT2D eigenvalue weighted by Crippen LogP contribution is -2.41. The third-order valence-corrected chi connectivity index (χ3v) is 5.68. The molecule has 2 aliphatic heterocycles. The van der Waals surface area contributed by atoms with E-state index in [2.05, 4.69) is 5.32 Å². The quantitative estimate of drug-likeness (QED) is 0.721. The maximum absolute atomic E-state index is 12.6. The number of rotatable bonds is 6. The number of amides is 3. The summed E-state index contributed by atoms with van der Waals surface area (Å²) < 4.78 is 11.3. The standard InChI is InChI=1S/C24H26N2O5/c1-24(2)14-19(18-11-10-15(30-3)13-20(18)31-24)25-21(27)9-6-12-26-22(28)16-7-4-5-8-17(16)23(26)29/h4-5,7-8,10-11,13,19H,6,9,12,14H2,1-3H3,(H,25,27)/t19-/m1/s1. The van der Waals surface area contributed by atoms with Crippen molar-refractivity contribution in [2.24, 2.45) is 0 Å². The molecule has 0 saturated carbocycles. The van der Waals surface area contributed by atoms with Crippen LogP contribution in [0.25, 0.3) is 0 Å². The molecule has 0 saturated heterocycles. The Hall–Kier alpha value is -3.35. The highest BCUT2D eigenvalue weighted by Crippen LogP contribution is 2.41. The minimum atomic E-state index is -0.433. The second kappa shape index (κ2) is 8.06. The highest BCUT2D eigenvalue weighted by Gasteiger charge is 2.36. The molecule has 0 bridgehead atoms. The average Bonchev–Trinajstić information content (AvgIpc) is 2.97. The van der Waals surface area contributed by atoms with Gasteiger partial charge >= 0.3 is 0 Å². The normalized spacial score (nSPS) is 18.8. The zero-order chi connectivity index (χ0) is 22.2. The molecule has 0 unspecified atom stereocenters. The number of carbonyl (C=O) groups is 3. The molecule has 2 heterocycles. The highest BCUT2D eigenvalue weighted by atomic mass is 16.5. The number of hydrogen-bond acceptors (Lipinski definition) is 5. The monoisotopic (exact) mass is 422 g/mol. The van der Waals surface area contributed by atoms with E-state index in [0.717, 1.165) is 5.56 Å². The van der Waals surface area contributed by atoms with Crippen LogP contribution in [-0.4, -0.2) is 41.9 Å². The number of carbonyl (C=O) groups excluding carboxylic acids is 3. The number of nitrogens with one attached hydrogen (secondary N) is 1. The topological polar surface area (TPSA) is 84.9 Å². The van der Waals surface area contributed by atoms with Gasteiger partial charge in [0.25, 0.3) is 11.8 Å². The van der Waals surface area contributed by atoms with Crippen LogP contribution in [0.3, 0.4) is 0 Å². The van der Waals surface area contributed by atoms with Crippen LogP contribution in [0.4, 0.5) is 0 Å². The zero-order valence-electron chi connectivity index (χ0n) is 17.9. The highest BCUT2D eigenvalue weighted by molar-refractivity contribution is 6.21. The number of benzene rings is 2. The first-order chi connectivity index (χ1) is 14.8. The van der Waals surface area contributed by atoms with E-state index in [1.807, 2.05) is 32.0 Å². The Labute approximate surface area is 181 Å². The summed E-state index contributed by atoms with van der Waals surface area (Å²) in [6.45, 7) is 4.18. The van der Waals surface area contributed by atoms with E-state index in [-0.39, 0.29) is 36.7 Å². The van der Waals surface area contributed by atoms with Crippen LogP contribution in [0.1, 0.15) is 65.4 Å². The first-order valence-electron chi connectivity index (χ1n) is 10.4. The van der Waals surface area contributed by atoms with Crippen LogP contribution in [0, 0.1) is 0 Å². The molecular weight excluding hydrogens is 396 g/mol. The van der Waals surface area contributed by atoms with Gasteiger partial charge in [-0.3, -0.25) is 19.3 Å². The molecule has 2 aromatic carbocycles. The summed E-state index contributed by atoms with van der Waals surface area (Å²) in [5, 5.41) is 3.08. The molecular formula is C24H26N2O5. The summed E-state index contributed by atoms with van der Waals surface area (Å²) in [6, 6.07) is 12.2. The van der Waals surface area contributed by atoms with Gasteiger partial charge in [-0.05, 0) is 44.5 Å². The van der Waals surface area contributed by atoms with E-state index in [4.69, 9.17) is 9.47 Å². The molecule has 0 spiro atoms. The predicted octanol–water partition coefficient (Wildman–Crippen LogP) is 3.49. The minimum absolute atomic E-state index is 0.124. The first kappa shape index (κ1) is 20.9. The summed E-state index contributed by atoms with van der Waals surface area (Å²) in [7, 11) is 1.60. The molecule has 2 aromatic rings. The number of fused-ring (bicyclic) bond motifs is 2. The van der Waals surface area contributed by atoms with E-state index in [9.17, 15) is 14.4 Å². The minimum Gasteiger partial charge on any atom is -0.497 e. The number of hydrogen-bond donors (Lipinski definition) is 1. The van der Waals surface area contributed by atoms with Crippen molar-refractivity contribution in [3.05, 3.63) is 59.2 Å². The fourth-order valence-corrected chi connectivity index (χ4v) is 4.19. The lowest BCUT2D eigenvalue weighted by molar-refractivity contribution is -0.122. The molecule has 0 radical (unpaired) electrons. The van der Waals surface area contributed by atoms with Gasteiger partial charge in [-0.2, -0.15) is 0 Å². The number of nitrogens with zero attached hydrogens (tertiary/aromatic N) is 1. The predicted molar refractivity (Wildman–Crippen MR) is 114 cm³/mol. The summed E-state index contributed by atoms with van der Waals surface area (Å²) in [5.41, 5.74) is 1.33. The fourth-order valence-electron chi connectivity index (χ4n) is 4.19. The largest absolute Gasteiger partial charge is 0.497 e. The summed E-state index contributed by atoms with van der Waals surface area (Å²) in [5.74, 6) is 0.681. The molecule has 3 amide bonds. The molecule has 0 fully saturated rings. The van der Waals surface area contributed by atoms with Gasteiger partial charge in [0, 0.05) is 31.0 Å². The van der Waals surface area contributed by atoms with Crippen LogP contribution in [0.5, 0.6) is 11.5 Å². The van der Waals surface area contributed by atoms with Gasteiger partial charge in [0.05, 0.1) is 24.3 Å². The van der Waals surface area contributed by atoms with Gasteiger partial charge in [-0.25, -0.2) is 0 Å². The van der Waals surface area contributed by atoms with Crippen LogP contribution in [0.15, 0.2) is 42.5 Å². The Bertz CT molecular complexity index is 1010. The van der Waals surface area contributed by atoms with Gasteiger partial charge in [0.1, 0.15) is 17.1 Å². The van der Waals surface area contributed by atoms with E-state index in [1.165, 1.54) is 4.90 Å². The van der Waals surface area contributed by atoms with E-state index in [1.54, 1.807) is 31.4 Å². The van der Waals surface area contributed by atoms with Gasteiger partial charge in [0.2, 0.25) is 5.91 Å². The molecule has 0 aromatic heterocycles. The van der Waals surface area contributed by atoms with Crippen molar-refractivity contribution in [2.75, 3.05) is 13.7 Å². The Morgan fingerprint density at radius 2 is 1.84 bits per heavy atom. The van der Waals surface area contributed by atoms with Gasteiger partial charge in [-0.15, -0.1) is 0 Å². The molecule has 4 rings (SSSR count). The molecule has 0 aliphatic carbocycles. The molecule has 2 aliphatic rings. The Kier molecular flexibility index (Phi) is 5.43.